The van der Waals surface area contributed by atoms with E-state index in [2.05, 4.69) is 10.1 Å². The van der Waals surface area contributed by atoms with E-state index in [1.54, 1.807) is 0 Å². The molecule has 6 heteroatoms. The predicted octanol–water partition coefficient (Wildman–Crippen LogP) is -0.494. The molecule has 0 aromatic heterocycles. The molecular weight excluding hydrogens is 250 g/mol. The quantitative estimate of drug-likeness (QED) is 0.625. The summed E-state index contributed by atoms with van der Waals surface area (Å²) in [4.78, 5) is 22.5. The molecule has 0 unspecified atom stereocenters. The van der Waals surface area contributed by atoms with Gasteiger partial charge in [-0.3, -0.25) is 4.79 Å². The van der Waals surface area contributed by atoms with Gasteiger partial charge in [-0.2, -0.15) is 0 Å². The smallest absolute Gasteiger partial charge is 0.338 e. The number of aliphatic hydroxyl groups is 2. The molecule has 1 aromatic rings. The van der Waals surface area contributed by atoms with Crippen LogP contribution in [0, 0.1) is 6.92 Å². The van der Waals surface area contributed by atoms with Crippen LogP contribution in [0.2, 0.25) is 0 Å². The van der Waals surface area contributed by atoms with E-state index in [4.69, 9.17) is 0 Å². The van der Waals surface area contributed by atoms with Gasteiger partial charge in [-0.05, 0) is 12.5 Å². The highest BCUT2D eigenvalue weighted by molar-refractivity contribution is 5.88. The highest BCUT2D eigenvalue weighted by atomic mass is 16.5. The van der Waals surface area contributed by atoms with Gasteiger partial charge in [0.15, 0.2) is 12.2 Å². The fraction of sp³-hybridized carbons (Fsp3) is 0.385. The maximum Gasteiger partial charge on any atom is 0.338 e. The molecule has 1 amide bonds. The number of amides is 1. The van der Waals surface area contributed by atoms with Crippen molar-refractivity contribution in [3.63, 3.8) is 0 Å². The summed E-state index contributed by atoms with van der Waals surface area (Å²) in [6.07, 6.45) is -3.74. The molecule has 1 aromatic carbocycles. The molecule has 0 spiro atoms. The number of hydrogen-bond acceptors (Lipinski definition) is 5. The SMILES string of the molecule is COC(=O)[C@@H](O)[C@@H](O)C(=O)NCc1ccc(C)cc1. The van der Waals surface area contributed by atoms with Gasteiger partial charge in [0.05, 0.1) is 7.11 Å². The van der Waals surface area contributed by atoms with E-state index >= 15 is 0 Å². The Morgan fingerprint density at radius 1 is 1.21 bits per heavy atom. The first-order chi connectivity index (χ1) is 8.95. The van der Waals surface area contributed by atoms with E-state index in [1.165, 1.54) is 0 Å². The summed E-state index contributed by atoms with van der Waals surface area (Å²) >= 11 is 0. The predicted molar refractivity (Wildman–Crippen MR) is 67.1 cm³/mol. The van der Waals surface area contributed by atoms with Gasteiger partial charge in [-0.25, -0.2) is 4.79 Å². The lowest BCUT2D eigenvalue weighted by atomic mass is 10.1. The van der Waals surface area contributed by atoms with E-state index in [0.717, 1.165) is 18.2 Å². The van der Waals surface area contributed by atoms with Crippen LogP contribution in [-0.2, 0) is 20.9 Å². The molecule has 0 radical (unpaired) electrons. The number of ether oxygens (including phenoxy) is 1. The van der Waals surface area contributed by atoms with Gasteiger partial charge >= 0.3 is 5.97 Å². The molecule has 1 rings (SSSR count). The zero-order chi connectivity index (χ0) is 14.4. The van der Waals surface area contributed by atoms with Crippen molar-refractivity contribution in [1.82, 2.24) is 5.32 Å². The van der Waals surface area contributed by atoms with Crippen LogP contribution >= 0.6 is 0 Å². The van der Waals surface area contributed by atoms with Gasteiger partial charge in [0.25, 0.3) is 5.91 Å². The number of carbonyl (C=O) groups is 2. The lowest BCUT2D eigenvalue weighted by Gasteiger charge is -2.15. The van der Waals surface area contributed by atoms with E-state index in [1.807, 2.05) is 31.2 Å². The Morgan fingerprint density at radius 2 is 1.79 bits per heavy atom. The van der Waals surface area contributed by atoms with Crippen LogP contribution in [-0.4, -0.2) is 41.4 Å². The second-order valence-corrected chi connectivity index (χ2v) is 4.12. The number of esters is 1. The lowest BCUT2D eigenvalue weighted by molar-refractivity contribution is -0.161. The largest absolute Gasteiger partial charge is 0.467 e. The minimum atomic E-state index is -1.89. The fourth-order valence-electron chi connectivity index (χ4n) is 1.39. The minimum absolute atomic E-state index is 0.198. The highest BCUT2D eigenvalue weighted by Crippen LogP contribution is 2.03. The molecule has 3 N–H and O–H groups in total. The Kier molecular flexibility index (Phi) is 5.47. The molecular formula is C13H17NO5. The topological polar surface area (TPSA) is 95.9 Å². The Hall–Kier alpha value is -1.92. The van der Waals surface area contributed by atoms with Gasteiger partial charge in [0.2, 0.25) is 0 Å². The van der Waals surface area contributed by atoms with Crippen LogP contribution in [0.1, 0.15) is 11.1 Å². The van der Waals surface area contributed by atoms with Crippen molar-refractivity contribution < 1.29 is 24.5 Å². The zero-order valence-electron chi connectivity index (χ0n) is 10.8. The first kappa shape index (κ1) is 15.1. The van der Waals surface area contributed by atoms with Crippen molar-refractivity contribution in [2.24, 2.45) is 0 Å². The van der Waals surface area contributed by atoms with Crippen molar-refractivity contribution in [2.75, 3.05) is 7.11 Å². The normalized spacial score (nSPS) is 13.5. The van der Waals surface area contributed by atoms with Crippen LogP contribution in [0.15, 0.2) is 24.3 Å². The number of aliphatic hydroxyl groups excluding tert-OH is 2. The van der Waals surface area contributed by atoms with E-state index in [0.29, 0.717) is 0 Å². The molecule has 0 aliphatic heterocycles. The molecule has 0 saturated carbocycles. The third-order valence-corrected chi connectivity index (χ3v) is 2.60. The Bertz CT molecular complexity index is 443. The van der Waals surface area contributed by atoms with Crippen molar-refractivity contribution >= 4 is 11.9 Å². The van der Waals surface area contributed by atoms with Crippen molar-refractivity contribution in [3.05, 3.63) is 35.4 Å². The van der Waals surface area contributed by atoms with Crippen LogP contribution in [0.4, 0.5) is 0 Å². The van der Waals surface area contributed by atoms with Crippen molar-refractivity contribution in [2.45, 2.75) is 25.7 Å². The monoisotopic (exact) mass is 267 g/mol. The summed E-state index contributed by atoms with van der Waals surface area (Å²) in [5.74, 6) is -1.89. The van der Waals surface area contributed by atoms with Gasteiger partial charge in [0.1, 0.15) is 0 Å². The zero-order valence-corrected chi connectivity index (χ0v) is 10.8. The minimum Gasteiger partial charge on any atom is -0.467 e. The van der Waals surface area contributed by atoms with E-state index in [-0.39, 0.29) is 6.54 Å². The van der Waals surface area contributed by atoms with Gasteiger partial charge in [-0.15, -0.1) is 0 Å². The molecule has 0 bridgehead atoms. The first-order valence-corrected chi connectivity index (χ1v) is 5.73. The fourth-order valence-corrected chi connectivity index (χ4v) is 1.39. The van der Waals surface area contributed by atoms with Crippen LogP contribution < -0.4 is 5.32 Å². The molecule has 0 heterocycles. The summed E-state index contributed by atoms with van der Waals surface area (Å²) < 4.78 is 4.23. The van der Waals surface area contributed by atoms with Crippen LogP contribution in [0.5, 0.6) is 0 Å². The van der Waals surface area contributed by atoms with Crippen LogP contribution in [0.25, 0.3) is 0 Å². The summed E-state index contributed by atoms with van der Waals surface area (Å²) in [6.45, 7) is 2.14. The van der Waals surface area contributed by atoms with Crippen molar-refractivity contribution in [1.29, 1.82) is 0 Å². The number of carbonyl (C=O) groups excluding carboxylic acids is 2. The molecule has 0 fully saturated rings. The summed E-state index contributed by atoms with van der Waals surface area (Å²) in [5, 5.41) is 21.2. The second kappa shape index (κ2) is 6.86. The van der Waals surface area contributed by atoms with E-state index in [9.17, 15) is 19.8 Å². The number of benzene rings is 1. The van der Waals surface area contributed by atoms with Crippen molar-refractivity contribution in [3.8, 4) is 0 Å². The van der Waals surface area contributed by atoms with Gasteiger partial charge in [-0.1, -0.05) is 29.8 Å². The summed E-state index contributed by atoms with van der Waals surface area (Å²) in [7, 11) is 1.06. The average Bonchev–Trinajstić information content (AvgIpc) is 2.43. The second-order valence-electron chi connectivity index (χ2n) is 4.12. The molecule has 104 valence electrons. The maximum absolute atomic E-state index is 11.5. The average molecular weight is 267 g/mol. The standard InChI is InChI=1S/C13H17NO5/c1-8-3-5-9(6-4-8)7-14-12(17)10(15)11(16)13(18)19-2/h3-6,10-11,15-16H,7H2,1-2H3,(H,14,17)/t10-,11+/m1/s1. The lowest BCUT2D eigenvalue weighted by Crippen LogP contribution is -2.45. The Balaban J connectivity index is 2.51. The van der Waals surface area contributed by atoms with E-state index < -0.39 is 24.1 Å². The van der Waals surface area contributed by atoms with Crippen LogP contribution in [0.3, 0.4) is 0 Å². The number of hydrogen-bond donors (Lipinski definition) is 3. The first-order valence-electron chi connectivity index (χ1n) is 5.73. The molecule has 0 saturated heterocycles. The number of aryl methyl sites for hydroxylation is 1. The Morgan fingerprint density at radius 3 is 2.32 bits per heavy atom. The molecule has 2 atom stereocenters. The summed E-state index contributed by atoms with van der Waals surface area (Å²) in [6, 6.07) is 7.44. The number of nitrogens with one attached hydrogen (secondary N) is 1. The summed E-state index contributed by atoms with van der Waals surface area (Å²) in [5.41, 5.74) is 1.94. The third-order valence-electron chi connectivity index (χ3n) is 2.60. The molecule has 0 aliphatic carbocycles. The molecule has 6 nitrogen and oxygen atoms in total. The van der Waals surface area contributed by atoms with Gasteiger partial charge < -0.3 is 20.3 Å². The third kappa shape index (κ3) is 4.35. The van der Waals surface area contributed by atoms with Gasteiger partial charge in [0, 0.05) is 6.54 Å². The Labute approximate surface area is 111 Å². The molecule has 0 aliphatic rings. The number of rotatable bonds is 5. The number of methoxy groups -OCH3 is 1. The highest BCUT2D eigenvalue weighted by Gasteiger charge is 2.30. The molecule has 19 heavy (non-hydrogen) atoms. The maximum atomic E-state index is 11.5.